The third-order valence-electron chi connectivity index (χ3n) is 2.30. The van der Waals surface area contributed by atoms with Crippen molar-refractivity contribution in [2.75, 3.05) is 5.73 Å². The molecular formula is C13H10F3NO. The number of benzene rings is 2. The minimum Gasteiger partial charge on any atom is -0.484 e. The first kappa shape index (κ1) is 12.3. The molecule has 0 saturated heterocycles. The van der Waals surface area contributed by atoms with Gasteiger partial charge in [0, 0.05) is 6.07 Å². The fourth-order valence-corrected chi connectivity index (χ4v) is 1.53. The highest BCUT2D eigenvalue weighted by Gasteiger charge is 2.08. The van der Waals surface area contributed by atoms with Crippen molar-refractivity contribution >= 4 is 5.69 Å². The van der Waals surface area contributed by atoms with Gasteiger partial charge in [-0.15, -0.1) is 0 Å². The summed E-state index contributed by atoms with van der Waals surface area (Å²) in [4.78, 5) is 0. The standard InChI is InChI=1S/C13H10F3NO/c14-9-4-8(5-10(15)6-9)7-18-13-11(16)2-1-3-12(13)17/h1-6H,7,17H2. The van der Waals surface area contributed by atoms with Crippen LogP contribution in [0.4, 0.5) is 18.9 Å². The Morgan fingerprint density at radius 2 is 1.67 bits per heavy atom. The van der Waals surface area contributed by atoms with Gasteiger partial charge in [0.15, 0.2) is 11.6 Å². The first-order valence-electron chi connectivity index (χ1n) is 5.18. The van der Waals surface area contributed by atoms with Crippen LogP contribution in [0.2, 0.25) is 0 Å². The van der Waals surface area contributed by atoms with Crippen LogP contribution < -0.4 is 10.5 Å². The minimum absolute atomic E-state index is 0.123. The second-order valence-electron chi connectivity index (χ2n) is 3.72. The number of rotatable bonds is 3. The maximum Gasteiger partial charge on any atom is 0.178 e. The highest BCUT2D eigenvalue weighted by Crippen LogP contribution is 2.25. The molecule has 0 heterocycles. The van der Waals surface area contributed by atoms with Crippen LogP contribution in [0.5, 0.6) is 5.75 Å². The summed E-state index contributed by atoms with van der Waals surface area (Å²) in [6, 6.07) is 7.09. The first-order chi connectivity index (χ1) is 8.56. The van der Waals surface area contributed by atoms with Crippen molar-refractivity contribution in [3.8, 4) is 5.75 Å². The lowest BCUT2D eigenvalue weighted by Gasteiger charge is -2.09. The minimum atomic E-state index is -0.713. The summed E-state index contributed by atoms with van der Waals surface area (Å²) in [6.45, 7) is -0.167. The fraction of sp³-hybridized carbons (Fsp3) is 0.0769. The summed E-state index contributed by atoms with van der Waals surface area (Å²) >= 11 is 0. The molecule has 2 nitrogen and oxygen atoms in total. The molecule has 0 spiro atoms. The Morgan fingerprint density at radius 3 is 2.28 bits per heavy atom. The first-order valence-corrected chi connectivity index (χ1v) is 5.18. The van der Waals surface area contributed by atoms with Gasteiger partial charge in [-0.25, -0.2) is 13.2 Å². The predicted molar refractivity (Wildman–Crippen MR) is 61.5 cm³/mol. The summed E-state index contributed by atoms with van der Waals surface area (Å²) < 4.78 is 44.3. The van der Waals surface area contributed by atoms with Gasteiger partial charge in [0.05, 0.1) is 5.69 Å². The number of nitrogen functional groups attached to an aromatic ring is 1. The molecule has 0 amide bonds. The molecule has 2 aromatic carbocycles. The van der Waals surface area contributed by atoms with Crippen LogP contribution in [0, 0.1) is 17.5 Å². The van der Waals surface area contributed by atoms with Crippen LogP contribution in [0.25, 0.3) is 0 Å². The van der Waals surface area contributed by atoms with Gasteiger partial charge in [-0.05, 0) is 29.8 Å². The molecule has 0 atom stereocenters. The van der Waals surface area contributed by atoms with E-state index in [9.17, 15) is 13.2 Å². The van der Waals surface area contributed by atoms with Crippen LogP contribution in [0.1, 0.15) is 5.56 Å². The lowest BCUT2D eigenvalue weighted by Crippen LogP contribution is -2.01. The van der Waals surface area contributed by atoms with Crippen LogP contribution in [-0.4, -0.2) is 0 Å². The largest absolute Gasteiger partial charge is 0.484 e. The molecule has 0 unspecified atom stereocenters. The molecule has 0 fully saturated rings. The zero-order valence-electron chi connectivity index (χ0n) is 9.29. The number of halogens is 3. The Hall–Kier alpha value is -2.17. The Balaban J connectivity index is 2.16. The molecule has 2 N–H and O–H groups in total. The van der Waals surface area contributed by atoms with E-state index in [-0.39, 0.29) is 23.6 Å². The summed E-state index contributed by atoms with van der Waals surface area (Å²) in [5, 5.41) is 0. The topological polar surface area (TPSA) is 35.2 Å². The normalized spacial score (nSPS) is 10.4. The molecule has 0 aromatic heterocycles. The van der Waals surface area contributed by atoms with Crippen LogP contribution in [0.15, 0.2) is 36.4 Å². The second kappa shape index (κ2) is 5.00. The molecule has 2 aromatic rings. The number of ether oxygens (including phenoxy) is 1. The summed E-state index contributed by atoms with van der Waals surface area (Å²) in [6.07, 6.45) is 0. The smallest absolute Gasteiger partial charge is 0.178 e. The van der Waals surface area contributed by atoms with Gasteiger partial charge >= 0.3 is 0 Å². The third kappa shape index (κ3) is 2.74. The molecule has 0 saturated carbocycles. The maximum absolute atomic E-state index is 13.4. The van der Waals surface area contributed by atoms with Crippen molar-refractivity contribution < 1.29 is 17.9 Å². The molecule has 0 aliphatic heterocycles. The summed E-state index contributed by atoms with van der Waals surface area (Å²) in [5.74, 6) is -2.17. The van der Waals surface area contributed by atoms with E-state index in [1.165, 1.54) is 18.2 Å². The van der Waals surface area contributed by atoms with Gasteiger partial charge in [0.25, 0.3) is 0 Å². The van der Waals surface area contributed by atoms with E-state index in [0.29, 0.717) is 0 Å². The quantitative estimate of drug-likeness (QED) is 0.852. The maximum atomic E-state index is 13.4. The molecular weight excluding hydrogens is 243 g/mol. The molecule has 94 valence electrons. The van der Waals surface area contributed by atoms with E-state index in [0.717, 1.165) is 18.2 Å². The summed E-state index contributed by atoms with van der Waals surface area (Å²) in [7, 11) is 0. The Kier molecular flexibility index (Phi) is 3.41. The van der Waals surface area contributed by atoms with Crippen molar-refractivity contribution in [3.05, 3.63) is 59.4 Å². The van der Waals surface area contributed by atoms with Gasteiger partial charge in [0.2, 0.25) is 0 Å². The number of para-hydroxylation sites is 1. The third-order valence-corrected chi connectivity index (χ3v) is 2.30. The van der Waals surface area contributed by atoms with Gasteiger partial charge < -0.3 is 10.5 Å². The van der Waals surface area contributed by atoms with Crippen LogP contribution in [0.3, 0.4) is 0 Å². The molecule has 2 rings (SSSR count). The van der Waals surface area contributed by atoms with Crippen molar-refractivity contribution in [3.63, 3.8) is 0 Å². The van der Waals surface area contributed by atoms with Gasteiger partial charge in [-0.3, -0.25) is 0 Å². The Labute approximate surface area is 102 Å². The summed E-state index contributed by atoms with van der Waals surface area (Å²) in [5.41, 5.74) is 5.92. The highest BCUT2D eigenvalue weighted by molar-refractivity contribution is 5.52. The highest BCUT2D eigenvalue weighted by atomic mass is 19.1. The zero-order chi connectivity index (χ0) is 13.1. The number of hydrogen-bond acceptors (Lipinski definition) is 2. The average molecular weight is 253 g/mol. The van der Waals surface area contributed by atoms with Crippen molar-refractivity contribution in [1.82, 2.24) is 0 Å². The molecule has 0 radical (unpaired) electrons. The van der Waals surface area contributed by atoms with Gasteiger partial charge in [-0.2, -0.15) is 0 Å². The fourth-order valence-electron chi connectivity index (χ4n) is 1.53. The molecule has 0 aliphatic carbocycles. The second-order valence-corrected chi connectivity index (χ2v) is 3.72. The van der Waals surface area contributed by atoms with Gasteiger partial charge in [0.1, 0.15) is 18.2 Å². The number of nitrogens with two attached hydrogens (primary N) is 1. The van der Waals surface area contributed by atoms with E-state index in [1.54, 1.807) is 0 Å². The van der Waals surface area contributed by atoms with E-state index in [2.05, 4.69) is 0 Å². The zero-order valence-corrected chi connectivity index (χ0v) is 9.29. The molecule has 18 heavy (non-hydrogen) atoms. The van der Waals surface area contributed by atoms with Gasteiger partial charge in [-0.1, -0.05) is 6.07 Å². The predicted octanol–water partition coefficient (Wildman–Crippen LogP) is 3.27. The number of anilines is 1. The molecule has 0 aliphatic rings. The SMILES string of the molecule is Nc1cccc(F)c1OCc1cc(F)cc(F)c1. The van der Waals surface area contributed by atoms with Crippen LogP contribution >= 0.6 is 0 Å². The van der Waals surface area contributed by atoms with E-state index < -0.39 is 17.5 Å². The number of hydrogen-bond donors (Lipinski definition) is 1. The average Bonchev–Trinajstić information content (AvgIpc) is 2.27. The lowest BCUT2D eigenvalue weighted by molar-refractivity contribution is 0.291. The van der Waals surface area contributed by atoms with Crippen molar-refractivity contribution in [2.45, 2.75) is 6.61 Å². The Morgan fingerprint density at radius 1 is 1.00 bits per heavy atom. The van der Waals surface area contributed by atoms with E-state index >= 15 is 0 Å². The molecule has 5 heteroatoms. The van der Waals surface area contributed by atoms with Crippen molar-refractivity contribution in [2.24, 2.45) is 0 Å². The van der Waals surface area contributed by atoms with Crippen LogP contribution in [-0.2, 0) is 6.61 Å². The Bertz CT molecular complexity index is 532. The van der Waals surface area contributed by atoms with E-state index in [4.69, 9.17) is 10.5 Å². The molecule has 0 bridgehead atoms. The van der Waals surface area contributed by atoms with Crippen molar-refractivity contribution in [1.29, 1.82) is 0 Å². The monoisotopic (exact) mass is 253 g/mol. The van der Waals surface area contributed by atoms with E-state index in [1.807, 2.05) is 0 Å². The lowest BCUT2D eigenvalue weighted by atomic mass is 10.2.